The second-order valence-corrected chi connectivity index (χ2v) is 4.59. The molecule has 0 aliphatic carbocycles. The summed E-state index contributed by atoms with van der Waals surface area (Å²) in [6.07, 6.45) is 0. The van der Waals surface area contributed by atoms with Gasteiger partial charge in [0, 0.05) is 11.5 Å². The number of hydrogen-bond donors (Lipinski definition) is 1. The Labute approximate surface area is 112 Å². The highest BCUT2D eigenvalue weighted by Crippen LogP contribution is 2.32. The molecule has 0 fully saturated rings. The van der Waals surface area contributed by atoms with Crippen LogP contribution in [0.2, 0.25) is 0 Å². The number of halogens is 1. The summed E-state index contributed by atoms with van der Waals surface area (Å²) in [5.74, 6) is -1.12. The summed E-state index contributed by atoms with van der Waals surface area (Å²) in [5.41, 5.74) is 1.20. The van der Waals surface area contributed by atoms with E-state index in [0.717, 1.165) is 17.0 Å². The Morgan fingerprint density at radius 1 is 1.11 bits per heavy atom. The number of nitrogens with zero attached hydrogens (tertiary/aromatic N) is 3. The average Bonchev–Trinajstić information content (AvgIpc) is 2.83. The van der Waals surface area contributed by atoms with E-state index >= 15 is 0 Å². The zero-order valence-corrected chi connectivity index (χ0v) is 10.4. The third kappa shape index (κ3) is 2.30. The molecule has 6 heteroatoms. The second kappa shape index (κ2) is 4.74. The van der Waals surface area contributed by atoms with Crippen molar-refractivity contribution in [1.82, 2.24) is 4.37 Å². The second-order valence-electron chi connectivity index (χ2n) is 3.84. The van der Waals surface area contributed by atoms with Crippen molar-refractivity contribution in [2.24, 2.45) is 10.2 Å². The largest absolute Gasteiger partial charge is 0.505 e. The molecule has 0 saturated heterocycles. The van der Waals surface area contributed by atoms with Crippen molar-refractivity contribution < 1.29 is 9.50 Å². The van der Waals surface area contributed by atoms with E-state index < -0.39 is 11.6 Å². The number of aromatic nitrogens is 1. The molecule has 0 amide bonds. The molecule has 1 aromatic heterocycles. The summed E-state index contributed by atoms with van der Waals surface area (Å²) < 4.78 is 17.4. The van der Waals surface area contributed by atoms with Gasteiger partial charge in [0.05, 0.1) is 11.2 Å². The lowest BCUT2D eigenvalue weighted by atomic mass is 10.2. The first-order chi connectivity index (χ1) is 9.24. The molecule has 19 heavy (non-hydrogen) atoms. The van der Waals surface area contributed by atoms with Crippen molar-refractivity contribution in [3.05, 3.63) is 48.3 Å². The minimum atomic E-state index is -0.717. The minimum absolute atomic E-state index is 0.341. The van der Waals surface area contributed by atoms with E-state index in [-0.39, 0.29) is 0 Å². The van der Waals surface area contributed by atoms with Gasteiger partial charge in [-0.25, -0.2) is 4.39 Å². The van der Waals surface area contributed by atoms with Gasteiger partial charge in [0.25, 0.3) is 0 Å². The molecule has 0 radical (unpaired) electrons. The van der Waals surface area contributed by atoms with Crippen LogP contribution >= 0.6 is 11.5 Å². The summed E-state index contributed by atoms with van der Waals surface area (Å²) in [5, 5.41) is 18.7. The maximum atomic E-state index is 13.1. The summed E-state index contributed by atoms with van der Waals surface area (Å²) in [7, 11) is 0. The lowest BCUT2D eigenvalue weighted by Crippen LogP contribution is -1.73. The molecule has 0 aliphatic heterocycles. The minimum Gasteiger partial charge on any atom is -0.505 e. The summed E-state index contributed by atoms with van der Waals surface area (Å²) in [4.78, 5) is 0. The van der Waals surface area contributed by atoms with Crippen LogP contribution < -0.4 is 0 Å². The Morgan fingerprint density at radius 3 is 2.79 bits per heavy atom. The van der Waals surface area contributed by atoms with Crippen molar-refractivity contribution in [2.75, 3.05) is 0 Å². The number of hydrogen-bond acceptors (Lipinski definition) is 5. The zero-order valence-electron chi connectivity index (χ0n) is 9.62. The van der Waals surface area contributed by atoms with E-state index in [9.17, 15) is 4.39 Å². The fourth-order valence-corrected chi connectivity index (χ4v) is 2.30. The molecule has 2 aromatic carbocycles. The summed E-state index contributed by atoms with van der Waals surface area (Å²) >= 11 is 1.24. The first-order valence-electron chi connectivity index (χ1n) is 5.49. The molecule has 0 spiro atoms. The van der Waals surface area contributed by atoms with Crippen LogP contribution in [-0.2, 0) is 0 Å². The standard InChI is InChI=1S/C13H8FN3OS/c14-10-7-8(5-6-12(10)18)15-16-13-9-3-1-2-4-11(9)17-19-13/h1-7,18H/b16-15+. The molecule has 0 bridgehead atoms. The van der Waals surface area contributed by atoms with Crippen molar-refractivity contribution in [2.45, 2.75) is 0 Å². The van der Waals surface area contributed by atoms with Crippen LogP contribution in [0.4, 0.5) is 15.1 Å². The van der Waals surface area contributed by atoms with E-state index in [4.69, 9.17) is 5.11 Å². The molecule has 0 aliphatic rings. The Balaban J connectivity index is 1.96. The van der Waals surface area contributed by atoms with Crippen LogP contribution in [0, 0.1) is 5.82 Å². The molecule has 1 N–H and O–H groups in total. The number of fused-ring (bicyclic) bond motifs is 1. The first kappa shape index (κ1) is 11.7. The van der Waals surface area contributed by atoms with Crippen molar-refractivity contribution in [3.63, 3.8) is 0 Å². The van der Waals surface area contributed by atoms with Gasteiger partial charge >= 0.3 is 0 Å². The zero-order chi connectivity index (χ0) is 13.2. The van der Waals surface area contributed by atoms with Crippen molar-refractivity contribution in [1.29, 1.82) is 0 Å². The number of benzene rings is 2. The van der Waals surface area contributed by atoms with Gasteiger partial charge in [-0.05, 0) is 35.8 Å². The van der Waals surface area contributed by atoms with E-state index in [1.807, 2.05) is 24.3 Å². The molecule has 1 heterocycles. The van der Waals surface area contributed by atoms with Crippen molar-refractivity contribution >= 4 is 33.1 Å². The van der Waals surface area contributed by atoms with Crippen LogP contribution in [0.15, 0.2) is 52.7 Å². The highest BCUT2D eigenvalue weighted by atomic mass is 32.1. The third-order valence-electron chi connectivity index (χ3n) is 2.55. The number of aromatic hydroxyl groups is 1. The SMILES string of the molecule is Oc1ccc(/N=N/c2snc3ccccc23)cc1F. The topological polar surface area (TPSA) is 57.8 Å². The summed E-state index contributed by atoms with van der Waals surface area (Å²) in [6, 6.07) is 11.5. The van der Waals surface area contributed by atoms with E-state index in [0.29, 0.717) is 10.7 Å². The van der Waals surface area contributed by atoms with Crippen LogP contribution in [0.5, 0.6) is 5.75 Å². The maximum absolute atomic E-state index is 13.1. The lowest BCUT2D eigenvalue weighted by molar-refractivity contribution is 0.432. The predicted octanol–water partition coefficient (Wildman–Crippen LogP) is 4.56. The Kier molecular flexibility index (Phi) is 2.92. The molecule has 3 aromatic rings. The van der Waals surface area contributed by atoms with Gasteiger partial charge in [-0.1, -0.05) is 12.1 Å². The first-order valence-corrected chi connectivity index (χ1v) is 6.26. The fourth-order valence-electron chi connectivity index (χ4n) is 1.61. The van der Waals surface area contributed by atoms with Crippen LogP contribution in [0.25, 0.3) is 10.9 Å². The molecule has 4 nitrogen and oxygen atoms in total. The van der Waals surface area contributed by atoms with Gasteiger partial charge < -0.3 is 5.11 Å². The number of phenols is 1. The van der Waals surface area contributed by atoms with Gasteiger partial charge in [-0.3, -0.25) is 0 Å². The van der Waals surface area contributed by atoms with Gasteiger partial charge in [0.15, 0.2) is 16.6 Å². The maximum Gasteiger partial charge on any atom is 0.167 e. The molecule has 0 unspecified atom stereocenters. The molecule has 3 rings (SSSR count). The third-order valence-corrected chi connectivity index (χ3v) is 3.31. The quantitative estimate of drug-likeness (QED) is 0.696. The van der Waals surface area contributed by atoms with Gasteiger partial charge in [0.2, 0.25) is 0 Å². The fraction of sp³-hybridized carbons (Fsp3) is 0. The van der Waals surface area contributed by atoms with E-state index in [2.05, 4.69) is 14.6 Å². The molecule has 0 atom stereocenters. The van der Waals surface area contributed by atoms with Crippen LogP contribution in [0.1, 0.15) is 0 Å². The normalized spacial score (nSPS) is 11.4. The highest BCUT2D eigenvalue weighted by Gasteiger charge is 2.04. The Morgan fingerprint density at radius 2 is 1.95 bits per heavy atom. The number of azo groups is 1. The van der Waals surface area contributed by atoms with E-state index in [1.165, 1.54) is 23.7 Å². The van der Waals surface area contributed by atoms with Crippen molar-refractivity contribution in [3.8, 4) is 5.75 Å². The molecular weight excluding hydrogens is 265 g/mol. The highest BCUT2D eigenvalue weighted by molar-refractivity contribution is 7.11. The summed E-state index contributed by atoms with van der Waals surface area (Å²) in [6.45, 7) is 0. The number of phenolic OH excluding ortho intramolecular Hbond substituents is 1. The smallest absolute Gasteiger partial charge is 0.167 e. The van der Waals surface area contributed by atoms with Crippen LogP contribution in [-0.4, -0.2) is 9.48 Å². The Bertz CT molecular complexity index is 769. The lowest BCUT2D eigenvalue weighted by Gasteiger charge is -1.95. The predicted molar refractivity (Wildman–Crippen MR) is 71.9 cm³/mol. The molecule has 0 saturated carbocycles. The molecular formula is C13H8FN3OS. The van der Waals surface area contributed by atoms with Gasteiger partial charge in [-0.15, -0.1) is 10.2 Å². The number of rotatable bonds is 2. The van der Waals surface area contributed by atoms with Gasteiger partial charge in [-0.2, -0.15) is 4.37 Å². The monoisotopic (exact) mass is 273 g/mol. The van der Waals surface area contributed by atoms with Crippen LogP contribution in [0.3, 0.4) is 0 Å². The van der Waals surface area contributed by atoms with E-state index in [1.54, 1.807) is 0 Å². The average molecular weight is 273 g/mol. The molecule has 94 valence electrons. The van der Waals surface area contributed by atoms with Gasteiger partial charge in [0.1, 0.15) is 0 Å². The Hall–Kier alpha value is -2.34.